The third-order valence-electron chi connectivity index (χ3n) is 1.94. The van der Waals surface area contributed by atoms with Gasteiger partial charge < -0.3 is 19.9 Å². The van der Waals surface area contributed by atoms with Gasteiger partial charge in [-0.15, -0.1) is 0 Å². The molecule has 0 amide bonds. The van der Waals surface area contributed by atoms with Crippen molar-refractivity contribution >= 4 is 21.6 Å². The topological polar surface area (TPSA) is 53.7 Å². The lowest BCUT2D eigenvalue weighted by Gasteiger charge is -2.11. The Hall–Kier alpha value is -1.24. The molecule has 1 aliphatic heterocycles. The van der Waals surface area contributed by atoms with Gasteiger partial charge in [0.15, 0.2) is 11.5 Å². The highest BCUT2D eigenvalue weighted by molar-refractivity contribution is 9.10. The van der Waals surface area contributed by atoms with Gasteiger partial charge in [-0.3, -0.25) is 0 Å². The largest absolute Gasteiger partial charge is 0.482 e. The van der Waals surface area contributed by atoms with Crippen molar-refractivity contribution in [1.29, 1.82) is 0 Å². The monoisotopic (exact) mass is 295 g/mol. The molecule has 0 atom stereocenters. The van der Waals surface area contributed by atoms with Crippen LogP contribution in [0.2, 0.25) is 0 Å². The number of ether oxygens (including phenoxy) is 3. The number of fused-ring (bicyclic) bond motifs is 1. The number of hydrogen-bond donors (Lipinski definition) is 1. The van der Waals surface area contributed by atoms with Gasteiger partial charge in [-0.25, -0.2) is 8.78 Å². The summed E-state index contributed by atoms with van der Waals surface area (Å²) in [6.45, 7) is -0.700. The molecule has 0 spiro atoms. The first-order valence-corrected chi connectivity index (χ1v) is 5.17. The van der Waals surface area contributed by atoms with E-state index in [4.69, 9.17) is 19.9 Å². The first-order chi connectivity index (χ1) is 7.59. The summed E-state index contributed by atoms with van der Waals surface area (Å²) in [5, 5.41) is 0. The number of nitrogen functional groups attached to an aromatic ring is 1. The van der Waals surface area contributed by atoms with E-state index in [0.717, 1.165) is 0 Å². The van der Waals surface area contributed by atoms with Crippen LogP contribution in [0.3, 0.4) is 0 Å². The smallest absolute Gasteiger partial charge is 0.272 e. The number of benzene rings is 1. The van der Waals surface area contributed by atoms with Crippen LogP contribution in [0.4, 0.5) is 14.5 Å². The van der Waals surface area contributed by atoms with Crippen LogP contribution in [0.25, 0.3) is 0 Å². The van der Waals surface area contributed by atoms with E-state index in [0.29, 0.717) is 21.7 Å². The zero-order valence-electron chi connectivity index (χ0n) is 8.00. The van der Waals surface area contributed by atoms with Crippen LogP contribution in [-0.4, -0.2) is 19.8 Å². The van der Waals surface area contributed by atoms with Crippen molar-refractivity contribution in [3.8, 4) is 17.2 Å². The summed E-state index contributed by atoms with van der Waals surface area (Å²) in [5.74, 6) is 0.833. The molecule has 0 unspecified atom stereocenters. The van der Waals surface area contributed by atoms with Gasteiger partial charge in [0.2, 0.25) is 12.5 Å². The Morgan fingerprint density at radius 1 is 1.50 bits per heavy atom. The average molecular weight is 296 g/mol. The summed E-state index contributed by atoms with van der Waals surface area (Å²) < 4.78 is 39.7. The Kier molecular flexibility index (Phi) is 3.04. The van der Waals surface area contributed by atoms with E-state index in [1.54, 1.807) is 6.07 Å². The predicted octanol–water partition coefficient (Wildman–Crippen LogP) is 2.40. The second-order valence-electron chi connectivity index (χ2n) is 3.04. The van der Waals surface area contributed by atoms with Crippen LogP contribution in [0.15, 0.2) is 10.5 Å². The Morgan fingerprint density at radius 3 is 2.94 bits per heavy atom. The number of hydrogen-bond acceptors (Lipinski definition) is 4. The maximum atomic E-state index is 12.1. The highest BCUT2D eigenvalue weighted by Crippen LogP contribution is 2.48. The molecule has 0 saturated heterocycles. The summed E-state index contributed by atoms with van der Waals surface area (Å²) >= 11 is 3.15. The number of nitrogens with two attached hydrogens (primary N) is 1. The van der Waals surface area contributed by atoms with Crippen LogP contribution >= 0.6 is 15.9 Å². The van der Waals surface area contributed by atoms with Gasteiger partial charge in [-0.1, -0.05) is 0 Å². The van der Waals surface area contributed by atoms with Crippen molar-refractivity contribution in [1.82, 2.24) is 0 Å². The lowest BCUT2D eigenvalue weighted by atomic mass is 10.2. The molecule has 0 bridgehead atoms. The molecule has 0 aliphatic carbocycles. The third kappa shape index (κ3) is 1.99. The van der Waals surface area contributed by atoms with Crippen molar-refractivity contribution in [3.63, 3.8) is 0 Å². The van der Waals surface area contributed by atoms with Crippen molar-refractivity contribution in [2.75, 3.05) is 19.1 Å². The summed E-state index contributed by atoms with van der Waals surface area (Å²) in [5.41, 5.74) is 5.99. The first kappa shape index (κ1) is 11.3. The molecule has 1 aromatic carbocycles. The predicted molar refractivity (Wildman–Crippen MR) is 56.2 cm³/mol. The summed E-state index contributed by atoms with van der Waals surface area (Å²) in [7, 11) is 0. The van der Waals surface area contributed by atoms with Crippen LogP contribution in [0.5, 0.6) is 17.2 Å². The molecule has 4 nitrogen and oxygen atoms in total. The molecule has 2 N–H and O–H groups in total. The Bertz CT molecular complexity index is 414. The van der Waals surface area contributed by atoms with Gasteiger partial charge in [0.05, 0.1) is 10.2 Å². The van der Waals surface area contributed by atoms with Crippen LogP contribution in [-0.2, 0) is 0 Å². The highest BCUT2D eigenvalue weighted by atomic mass is 79.9. The molecule has 0 fully saturated rings. The van der Waals surface area contributed by atoms with Gasteiger partial charge >= 0.3 is 0 Å². The van der Waals surface area contributed by atoms with Crippen LogP contribution < -0.4 is 19.9 Å². The molecular weight excluding hydrogens is 288 g/mol. The minimum absolute atomic E-state index is 0.0241. The SMILES string of the molecule is Nc1cc2c(c(OCC(F)F)c1Br)OCO2. The second kappa shape index (κ2) is 4.32. The van der Waals surface area contributed by atoms with Crippen molar-refractivity contribution in [3.05, 3.63) is 10.5 Å². The first-order valence-electron chi connectivity index (χ1n) is 4.38. The standard InChI is InChI=1S/C9H8BrF2NO3/c10-7-4(13)1-5-8(16-3-15-5)9(7)14-2-6(11)12/h1,6H,2-3,13H2. The van der Waals surface area contributed by atoms with Crippen molar-refractivity contribution in [2.45, 2.75) is 6.43 Å². The number of alkyl halides is 2. The lowest BCUT2D eigenvalue weighted by molar-refractivity contribution is 0.0794. The van der Waals surface area contributed by atoms with Gasteiger partial charge in [-0.2, -0.15) is 0 Å². The molecule has 0 radical (unpaired) electrons. The zero-order valence-corrected chi connectivity index (χ0v) is 9.59. The summed E-state index contributed by atoms with van der Waals surface area (Å²) in [6, 6.07) is 1.54. The van der Waals surface area contributed by atoms with E-state index in [1.165, 1.54) is 0 Å². The fourth-order valence-corrected chi connectivity index (χ4v) is 1.69. The van der Waals surface area contributed by atoms with Crippen LogP contribution in [0.1, 0.15) is 0 Å². The number of anilines is 1. The molecule has 7 heteroatoms. The fraction of sp³-hybridized carbons (Fsp3) is 0.333. The fourth-order valence-electron chi connectivity index (χ4n) is 1.28. The van der Waals surface area contributed by atoms with Gasteiger partial charge in [0.25, 0.3) is 6.43 Å². The molecule has 16 heavy (non-hydrogen) atoms. The minimum Gasteiger partial charge on any atom is -0.482 e. The lowest BCUT2D eigenvalue weighted by Crippen LogP contribution is -2.08. The maximum Gasteiger partial charge on any atom is 0.272 e. The summed E-state index contributed by atoms with van der Waals surface area (Å²) in [6.07, 6.45) is -2.56. The Morgan fingerprint density at radius 2 is 2.25 bits per heavy atom. The maximum absolute atomic E-state index is 12.1. The quantitative estimate of drug-likeness (QED) is 0.870. The minimum atomic E-state index is -2.56. The molecule has 0 aromatic heterocycles. The summed E-state index contributed by atoms with van der Waals surface area (Å²) in [4.78, 5) is 0. The van der Waals surface area contributed by atoms with Gasteiger partial charge in [-0.05, 0) is 15.9 Å². The number of rotatable bonds is 3. The molecular formula is C9H8BrF2NO3. The molecule has 2 rings (SSSR count). The average Bonchev–Trinajstić information content (AvgIpc) is 2.65. The second-order valence-corrected chi connectivity index (χ2v) is 3.84. The molecule has 1 aromatic rings. The third-order valence-corrected chi connectivity index (χ3v) is 2.76. The zero-order chi connectivity index (χ0) is 11.7. The van der Waals surface area contributed by atoms with E-state index in [1.807, 2.05) is 0 Å². The number of halogens is 3. The van der Waals surface area contributed by atoms with E-state index < -0.39 is 13.0 Å². The highest BCUT2D eigenvalue weighted by Gasteiger charge is 2.24. The molecule has 0 saturated carbocycles. The molecule has 88 valence electrons. The van der Waals surface area contributed by atoms with Crippen LogP contribution in [0, 0.1) is 0 Å². The molecule has 1 heterocycles. The van der Waals surface area contributed by atoms with Gasteiger partial charge in [0.1, 0.15) is 6.61 Å². The van der Waals surface area contributed by atoms with E-state index >= 15 is 0 Å². The van der Waals surface area contributed by atoms with Crippen molar-refractivity contribution in [2.24, 2.45) is 0 Å². The van der Waals surface area contributed by atoms with E-state index in [2.05, 4.69) is 15.9 Å². The normalized spacial score (nSPS) is 13.2. The van der Waals surface area contributed by atoms with Crippen molar-refractivity contribution < 1.29 is 23.0 Å². The Balaban J connectivity index is 2.34. The van der Waals surface area contributed by atoms with E-state index in [9.17, 15) is 8.78 Å². The molecule has 1 aliphatic rings. The Labute approximate surface area is 98.4 Å². The van der Waals surface area contributed by atoms with E-state index in [-0.39, 0.29) is 12.5 Å². The van der Waals surface area contributed by atoms with Gasteiger partial charge in [0, 0.05) is 6.07 Å².